The Labute approximate surface area is 166 Å². The number of hydrogen-bond acceptors (Lipinski definition) is 6. The molecule has 0 amide bonds. The molecule has 5 atom stereocenters. The minimum absolute atomic E-state index is 0.0797. The average Bonchev–Trinajstić information content (AvgIpc) is 3.10. The maximum absolute atomic E-state index is 13.4. The SMILES string of the molecule is CC(=O)O[C@H]1CC[C@H]2[C@]3(CCC4=CCOC4=O)C(=O)O[C@@]2(CC[C@@H]3C)C1(C)C. The minimum Gasteiger partial charge on any atom is -0.462 e. The maximum atomic E-state index is 13.4. The summed E-state index contributed by atoms with van der Waals surface area (Å²) in [7, 11) is 0. The van der Waals surface area contributed by atoms with Gasteiger partial charge >= 0.3 is 17.9 Å². The van der Waals surface area contributed by atoms with Crippen LogP contribution in [0.4, 0.5) is 0 Å². The summed E-state index contributed by atoms with van der Waals surface area (Å²) in [5.74, 6) is -0.419. The van der Waals surface area contributed by atoms with E-state index >= 15 is 0 Å². The second-order valence-electron chi connectivity index (χ2n) is 9.54. The fourth-order valence-corrected chi connectivity index (χ4v) is 6.56. The fraction of sp³-hybridized carbons (Fsp3) is 0.773. The number of cyclic esters (lactones) is 1. The summed E-state index contributed by atoms with van der Waals surface area (Å²) in [6.07, 6.45) is 5.92. The van der Waals surface area contributed by atoms with Crippen LogP contribution >= 0.6 is 0 Å². The van der Waals surface area contributed by atoms with Crippen LogP contribution in [0.15, 0.2) is 11.6 Å². The molecule has 0 aromatic heterocycles. The molecule has 4 rings (SSSR count). The molecule has 0 aromatic carbocycles. The van der Waals surface area contributed by atoms with Gasteiger partial charge in [0.15, 0.2) is 0 Å². The van der Waals surface area contributed by atoms with Crippen molar-refractivity contribution in [2.45, 2.75) is 77.9 Å². The summed E-state index contributed by atoms with van der Waals surface area (Å²) in [4.78, 5) is 36.9. The molecule has 0 unspecified atom stereocenters. The standard InChI is InChI=1S/C22H30O6/c1-13-7-11-22-16(5-6-17(20(22,3)4)27-14(2)23)21(13,19(25)28-22)10-8-15-9-12-26-18(15)24/h9,13,16-17H,5-8,10-12H2,1-4H3/t13-,16-,17-,21+,22+/m0/s1. The maximum Gasteiger partial charge on any atom is 0.334 e. The molecule has 2 heterocycles. The van der Waals surface area contributed by atoms with E-state index < -0.39 is 16.4 Å². The number of carbonyl (C=O) groups is 3. The van der Waals surface area contributed by atoms with Crippen molar-refractivity contribution in [3.63, 3.8) is 0 Å². The van der Waals surface area contributed by atoms with Gasteiger partial charge in [-0.1, -0.05) is 20.8 Å². The van der Waals surface area contributed by atoms with E-state index in [1.54, 1.807) is 0 Å². The van der Waals surface area contributed by atoms with Crippen LogP contribution in [0.2, 0.25) is 0 Å². The third-order valence-corrected chi connectivity index (χ3v) is 8.20. The second kappa shape index (κ2) is 6.33. The van der Waals surface area contributed by atoms with Gasteiger partial charge < -0.3 is 14.2 Å². The van der Waals surface area contributed by atoms with E-state index in [1.165, 1.54) is 6.92 Å². The lowest BCUT2D eigenvalue weighted by Crippen LogP contribution is -2.63. The molecule has 0 radical (unpaired) electrons. The summed E-state index contributed by atoms with van der Waals surface area (Å²) < 4.78 is 16.9. The zero-order valence-corrected chi connectivity index (χ0v) is 17.2. The third-order valence-electron chi connectivity index (χ3n) is 8.20. The lowest BCUT2D eigenvalue weighted by Gasteiger charge is -2.58. The van der Waals surface area contributed by atoms with Gasteiger partial charge in [0.2, 0.25) is 0 Å². The Hall–Kier alpha value is -1.85. The van der Waals surface area contributed by atoms with Crippen molar-refractivity contribution in [1.82, 2.24) is 0 Å². The van der Waals surface area contributed by atoms with E-state index in [4.69, 9.17) is 14.2 Å². The molecule has 0 N–H and O–H groups in total. The van der Waals surface area contributed by atoms with E-state index in [1.807, 2.05) is 6.08 Å². The lowest BCUT2D eigenvalue weighted by molar-refractivity contribution is -0.210. The summed E-state index contributed by atoms with van der Waals surface area (Å²) in [6, 6.07) is 0. The molecule has 1 saturated heterocycles. The zero-order chi connectivity index (χ0) is 20.3. The van der Waals surface area contributed by atoms with Crippen molar-refractivity contribution in [3.8, 4) is 0 Å². The van der Waals surface area contributed by atoms with Gasteiger partial charge in [0.1, 0.15) is 18.3 Å². The minimum atomic E-state index is -0.612. The van der Waals surface area contributed by atoms with Crippen LogP contribution in [-0.2, 0) is 28.6 Å². The number of rotatable bonds is 4. The van der Waals surface area contributed by atoms with Gasteiger partial charge in [-0.15, -0.1) is 0 Å². The molecule has 3 fully saturated rings. The Kier molecular flexibility index (Phi) is 4.40. The quantitative estimate of drug-likeness (QED) is 0.541. The monoisotopic (exact) mass is 390 g/mol. The molecular formula is C22H30O6. The molecule has 2 aliphatic heterocycles. The first-order chi connectivity index (χ1) is 13.1. The normalized spacial score (nSPS) is 41.0. The fourth-order valence-electron chi connectivity index (χ4n) is 6.56. The zero-order valence-electron chi connectivity index (χ0n) is 17.2. The molecule has 2 aliphatic carbocycles. The van der Waals surface area contributed by atoms with Crippen molar-refractivity contribution in [3.05, 3.63) is 11.6 Å². The molecule has 0 spiro atoms. The average molecular weight is 390 g/mol. The van der Waals surface area contributed by atoms with E-state index in [9.17, 15) is 14.4 Å². The smallest absolute Gasteiger partial charge is 0.334 e. The summed E-state index contributed by atoms with van der Waals surface area (Å²) in [6.45, 7) is 8.04. The third kappa shape index (κ3) is 2.42. The molecule has 6 nitrogen and oxygen atoms in total. The van der Waals surface area contributed by atoms with Gasteiger partial charge in [0.25, 0.3) is 0 Å². The topological polar surface area (TPSA) is 78.9 Å². The number of esters is 3. The van der Waals surface area contributed by atoms with Crippen LogP contribution in [0, 0.1) is 22.7 Å². The molecular weight excluding hydrogens is 360 g/mol. The Morgan fingerprint density at radius 1 is 1.25 bits per heavy atom. The van der Waals surface area contributed by atoms with E-state index in [2.05, 4.69) is 20.8 Å². The van der Waals surface area contributed by atoms with Gasteiger partial charge in [0, 0.05) is 23.8 Å². The van der Waals surface area contributed by atoms with Gasteiger partial charge in [-0.3, -0.25) is 9.59 Å². The highest BCUT2D eigenvalue weighted by Crippen LogP contribution is 2.69. The summed E-state index contributed by atoms with van der Waals surface area (Å²) >= 11 is 0. The van der Waals surface area contributed by atoms with Gasteiger partial charge in [0.05, 0.1) is 5.41 Å². The highest BCUT2D eigenvalue weighted by atomic mass is 16.6. The van der Waals surface area contributed by atoms with E-state index in [0.29, 0.717) is 25.0 Å². The highest BCUT2D eigenvalue weighted by Gasteiger charge is 2.75. The van der Waals surface area contributed by atoms with Crippen LogP contribution < -0.4 is 0 Å². The lowest BCUT2D eigenvalue weighted by atomic mass is 9.46. The van der Waals surface area contributed by atoms with Crippen LogP contribution in [0.5, 0.6) is 0 Å². The van der Waals surface area contributed by atoms with Crippen molar-refractivity contribution in [2.75, 3.05) is 6.61 Å². The van der Waals surface area contributed by atoms with Crippen LogP contribution in [0.25, 0.3) is 0 Å². The molecule has 28 heavy (non-hydrogen) atoms. The van der Waals surface area contributed by atoms with Gasteiger partial charge in [-0.25, -0.2) is 4.79 Å². The molecule has 2 bridgehead atoms. The second-order valence-corrected chi connectivity index (χ2v) is 9.54. The van der Waals surface area contributed by atoms with Crippen LogP contribution in [0.3, 0.4) is 0 Å². The Morgan fingerprint density at radius 2 is 2.00 bits per heavy atom. The number of carbonyl (C=O) groups excluding carboxylic acids is 3. The van der Waals surface area contributed by atoms with Crippen molar-refractivity contribution in [2.24, 2.45) is 22.7 Å². The molecule has 4 aliphatic rings. The first-order valence-corrected chi connectivity index (χ1v) is 10.4. The molecule has 2 saturated carbocycles. The van der Waals surface area contributed by atoms with E-state index in [0.717, 1.165) is 25.7 Å². The molecule has 6 heteroatoms. The molecule has 0 aromatic rings. The van der Waals surface area contributed by atoms with Gasteiger partial charge in [-0.05, 0) is 50.5 Å². The van der Waals surface area contributed by atoms with Gasteiger partial charge in [-0.2, -0.15) is 0 Å². The van der Waals surface area contributed by atoms with Crippen molar-refractivity contribution < 1.29 is 28.6 Å². The van der Waals surface area contributed by atoms with Crippen LogP contribution in [0.1, 0.15) is 66.2 Å². The van der Waals surface area contributed by atoms with Crippen LogP contribution in [-0.4, -0.2) is 36.2 Å². The number of hydrogen-bond donors (Lipinski definition) is 0. The number of ether oxygens (including phenoxy) is 3. The Morgan fingerprint density at radius 3 is 2.64 bits per heavy atom. The molecule has 154 valence electrons. The highest BCUT2D eigenvalue weighted by molar-refractivity contribution is 5.90. The predicted molar refractivity (Wildman–Crippen MR) is 100.0 cm³/mol. The first kappa shape index (κ1) is 19.5. The Bertz CT molecular complexity index is 752. The summed E-state index contributed by atoms with van der Waals surface area (Å²) in [5, 5.41) is 0. The van der Waals surface area contributed by atoms with E-state index in [-0.39, 0.29) is 35.8 Å². The largest absolute Gasteiger partial charge is 0.462 e. The summed E-state index contributed by atoms with van der Waals surface area (Å²) in [5.41, 5.74) is -0.977. The first-order valence-electron chi connectivity index (χ1n) is 10.4. The Balaban J connectivity index is 1.68. The predicted octanol–water partition coefficient (Wildman–Crippen LogP) is 3.33. The van der Waals surface area contributed by atoms with Crippen molar-refractivity contribution >= 4 is 17.9 Å². The van der Waals surface area contributed by atoms with Crippen molar-refractivity contribution in [1.29, 1.82) is 0 Å².